The highest BCUT2D eigenvalue weighted by Gasteiger charge is 2.41. The van der Waals surface area contributed by atoms with E-state index >= 15 is 0 Å². The van der Waals surface area contributed by atoms with Gasteiger partial charge in [0.05, 0.1) is 17.2 Å². The number of hydrogen-bond acceptors (Lipinski definition) is 4. The van der Waals surface area contributed by atoms with Gasteiger partial charge >= 0.3 is 0 Å². The quantitative estimate of drug-likeness (QED) is 0.891. The number of carbonyl (C=O) groups excluding carboxylic acids is 2. The van der Waals surface area contributed by atoms with E-state index in [1.165, 1.54) is 0 Å². The van der Waals surface area contributed by atoms with Crippen LogP contribution in [0.1, 0.15) is 31.0 Å². The van der Waals surface area contributed by atoms with Crippen molar-refractivity contribution in [3.05, 3.63) is 16.1 Å². The first-order chi connectivity index (χ1) is 8.44. The second kappa shape index (κ2) is 4.68. The molecule has 1 unspecified atom stereocenters. The van der Waals surface area contributed by atoms with Crippen LogP contribution in [0.4, 0.5) is 0 Å². The van der Waals surface area contributed by atoms with Crippen LogP contribution in [-0.2, 0) is 16.1 Å². The van der Waals surface area contributed by atoms with Gasteiger partial charge in [-0.2, -0.15) is 0 Å². The maximum Gasteiger partial charge on any atom is 0.248 e. The zero-order valence-corrected chi connectivity index (χ0v) is 11.6. The minimum Gasteiger partial charge on any atom is -0.340 e. The average molecular weight is 267 g/mol. The van der Waals surface area contributed by atoms with E-state index in [4.69, 9.17) is 0 Å². The van der Waals surface area contributed by atoms with Gasteiger partial charge < -0.3 is 10.2 Å². The highest BCUT2D eigenvalue weighted by atomic mass is 32.1. The number of piperazine rings is 1. The number of amides is 2. The van der Waals surface area contributed by atoms with Crippen molar-refractivity contribution in [1.29, 1.82) is 0 Å². The molecule has 1 aromatic rings. The lowest BCUT2D eigenvalue weighted by atomic mass is 9.94. The summed E-state index contributed by atoms with van der Waals surface area (Å²) >= 11 is 1.55. The summed E-state index contributed by atoms with van der Waals surface area (Å²) in [5, 5.41) is 5.66. The monoisotopic (exact) mass is 267 g/mol. The summed E-state index contributed by atoms with van der Waals surface area (Å²) in [7, 11) is 0. The van der Waals surface area contributed by atoms with E-state index in [-0.39, 0.29) is 18.4 Å². The van der Waals surface area contributed by atoms with E-state index < -0.39 is 5.54 Å². The number of aromatic nitrogens is 1. The highest BCUT2D eigenvalue weighted by molar-refractivity contribution is 7.09. The van der Waals surface area contributed by atoms with Crippen LogP contribution in [0, 0.1) is 6.92 Å². The Morgan fingerprint density at radius 1 is 1.56 bits per heavy atom. The molecule has 0 bridgehead atoms. The van der Waals surface area contributed by atoms with Crippen LogP contribution in [0.25, 0.3) is 0 Å². The lowest BCUT2D eigenvalue weighted by Gasteiger charge is -2.39. The molecule has 0 aliphatic carbocycles. The normalized spacial score (nSPS) is 24.3. The van der Waals surface area contributed by atoms with Crippen molar-refractivity contribution < 1.29 is 9.59 Å². The second-order valence-electron chi connectivity index (χ2n) is 4.75. The standard InChI is InChI=1S/C12H17N3O2S/c1-4-12(3)11(17)15(6-10(16)14-12)5-9-7-18-8(2)13-9/h7H,4-6H2,1-3H3,(H,14,16). The van der Waals surface area contributed by atoms with E-state index in [0.717, 1.165) is 10.7 Å². The van der Waals surface area contributed by atoms with E-state index in [2.05, 4.69) is 10.3 Å². The smallest absolute Gasteiger partial charge is 0.248 e. The Kier molecular flexibility index (Phi) is 3.38. The fraction of sp³-hybridized carbons (Fsp3) is 0.583. The molecule has 0 saturated carbocycles. The van der Waals surface area contributed by atoms with Crippen LogP contribution in [0.2, 0.25) is 0 Å². The van der Waals surface area contributed by atoms with Crippen molar-refractivity contribution in [3.63, 3.8) is 0 Å². The highest BCUT2D eigenvalue weighted by Crippen LogP contribution is 2.20. The summed E-state index contributed by atoms with van der Waals surface area (Å²) in [6.07, 6.45) is 0.587. The third kappa shape index (κ3) is 2.38. The zero-order chi connectivity index (χ0) is 13.3. The molecule has 98 valence electrons. The first kappa shape index (κ1) is 13.0. The Balaban J connectivity index is 2.17. The van der Waals surface area contributed by atoms with Gasteiger partial charge in [-0.25, -0.2) is 4.98 Å². The molecule has 0 spiro atoms. The molecule has 1 aliphatic rings. The van der Waals surface area contributed by atoms with E-state index in [1.807, 2.05) is 19.2 Å². The van der Waals surface area contributed by atoms with Gasteiger partial charge in [-0.3, -0.25) is 9.59 Å². The predicted molar refractivity (Wildman–Crippen MR) is 69.1 cm³/mol. The Morgan fingerprint density at radius 3 is 2.83 bits per heavy atom. The zero-order valence-electron chi connectivity index (χ0n) is 10.8. The van der Waals surface area contributed by atoms with Crippen molar-refractivity contribution in [1.82, 2.24) is 15.2 Å². The molecule has 1 aliphatic heterocycles. The number of aryl methyl sites for hydroxylation is 1. The van der Waals surface area contributed by atoms with Crippen LogP contribution in [0.3, 0.4) is 0 Å². The number of nitrogens with zero attached hydrogens (tertiary/aromatic N) is 2. The number of nitrogens with one attached hydrogen (secondary N) is 1. The fourth-order valence-corrected chi connectivity index (χ4v) is 2.64. The van der Waals surface area contributed by atoms with Gasteiger partial charge in [-0.1, -0.05) is 6.92 Å². The maximum atomic E-state index is 12.3. The van der Waals surface area contributed by atoms with Crippen molar-refractivity contribution >= 4 is 23.2 Å². The van der Waals surface area contributed by atoms with Gasteiger partial charge in [0, 0.05) is 5.38 Å². The fourth-order valence-electron chi connectivity index (χ4n) is 2.04. The number of thiazole rings is 1. The van der Waals surface area contributed by atoms with E-state index in [0.29, 0.717) is 13.0 Å². The summed E-state index contributed by atoms with van der Waals surface area (Å²) < 4.78 is 0. The van der Waals surface area contributed by atoms with Crippen LogP contribution >= 0.6 is 11.3 Å². The summed E-state index contributed by atoms with van der Waals surface area (Å²) in [6, 6.07) is 0. The van der Waals surface area contributed by atoms with Crippen LogP contribution < -0.4 is 5.32 Å². The van der Waals surface area contributed by atoms with Crippen molar-refractivity contribution in [3.8, 4) is 0 Å². The van der Waals surface area contributed by atoms with Gasteiger partial charge in [-0.05, 0) is 20.3 Å². The molecule has 0 aromatic carbocycles. The Morgan fingerprint density at radius 2 is 2.28 bits per heavy atom. The van der Waals surface area contributed by atoms with Crippen molar-refractivity contribution in [2.75, 3.05) is 6.54 Å². The summed E-state index contributed by atoms with van der Waals surface area (Å²) in [6.45, 7) is 6.12. The van der Waals surface area contributed by atoms with Crippen molar-refractivity contribution in [2.24, 2.45) is 0 Å². The van der Waals surface area contributed by atoms with Gasteiger partial charge in [0.15, 0.2) is 0 Å². The Hall–Kier alpha value is -1.43. The minimum atomic E-state index is -0.777. The lowest BCUT2D eigenvalue weighted by molar-refractivity contribution is -0.150. The van der Waals surface area contributed by atoms with Crippen molar-refractivity contribution in [2.45, 2.75) is 39.3 Å². The molecule has 0 radical (unpaired) electrons. The molecule has 5 nitrogen and oxygen atoms in total. The first-order valence-electron chi connectivity index (χ1n) is 5.96. The number of carbonyl (C=O) groups is 2. The molecule has 2 rings (SSSR count). The molecule has 1 saturated heterocycles. The van der Waals surface area contributed by atoms with Gasteiger partial charge in [0.2, 0.25) is 11.8 Å². The van der Waals surface area contributed by atoms with Crippen LogP contribution in [0.15, 0.2) is 5.38 Å². The molecule has 2 amide bonds. The SMILES string of the molecule is CCC1(C)NC(=O)CN(Cc2csc(C)n2)C1=O. The molecule has 1 aromatic heterocycles. The predicted octanol–water partition coefficient (Wildman–Crippen LogP) is 1.08. The molecular formula is C12H17N3O2S. The average Bonchev–Trinajstić information content (AvgIpc) is 2.71. The lowest BCUT2D eigenvalue weighted by Crippen LogP contribution is -2.64. The third-order valence-electron chi connectivity index (χ3n) is 3.24. The summed E-state index contributed by atoms with van der Waals surface area (Å²) in [5.74, 6) is -0.138. The maximum absolute atomic E-state index is 12.3. The molecule has 2 heterocycles. The topological polar surface area (TPSA) is 62.3 Å². The third-order valence-corrected chi connectivity index (χ3v) is 4.06. The Bertz CT molecular complexity index is 485. The molecule has 18 heavy (non-hydrogen) atoms. The summed E-state index contributed by atoms with van der Waals surface area (Å²) in [4.78, 5) is 29.9. The molecule has 6 heteroatoms. The molecular weight excluding hydrogens is 250 g/mol. The number of hydrogen-bond donors (Lipinski definition) is 1. The Labute approximate surface area is 110 Å². The minimum absolute atomic E-state index is 0.0322. The van der Waals surface area contributed by atoms with Gasteiger partial charge in [0.1, 0.15) is 12.1 Å². The summed E-state index contributed by atoms with van der Waals surface area (Å²) in [5.41, 5.74) is 0.0689. The second-order valence-corrected chi connectivity index (χ2v) is 5.82. The number of rotatable bonds is 3. The van der Waals surface area contributed by atoms with Gasteiger partial charge in [0.25, 0.3) is 0 Å². The van der Waals surface area contributed by atoms with E-state index in [9.17, 15) is 9.59 Å². The molecule has 1 N–H and O–H groups in total. The molecule has 1 fully saturated rings. The van der Waals surface area contributed by atoms with Crippen LogP contribution in [0.5, 0.6) is 0 Å². The van der Waals surface area contributed by atoms with Crippen LogP contribution in [-0.4, -0.2) is 33.8 Å². The van der Waals surface area contributed by atoms with E-state index in [1.54, 1.807) is 23.2 Å². The first-order valence-corrected chi connectivity index (χ1v) is 6.84. The largest absolute Gasteiger partial charge is 0.340 e. The molecule has 1 atom stereocenters. The van der Waals surface area contributed by atoms with Gasteiger partial charge in [-0.15, -0.1) is 11.3 Å².